The fourth-order valence-corrected chi connectivity index (χ4v) is 2.40. The molecule has 2 N–H and O–H groups in total. The minimum atomic E-state index is -0.322. The first-order valence-corrected chi connectivity index (χ1v) is 6.86. The number of para-hydroxylation sites is 1. The summed E-state index contributed by atoms with van der Waals surface area (Å²) in [6.07, 6.45) is 1.83. The summed E-state index contributed by atoms with van der Waals surface area (Å²) < 4.78 is 18.7. The van der Waals surface area contributed by atoms with E-state index in [0.29, 0.717) is 17.0 Å². The predicted octanol–water partition coefficient (Wildman–Crippen LogP) is 3.50. The molecule has 0 atom stereocenters. The summed E-state index contributed by atoms with van der Waals surface area (Å²) in [6, 6.07) is 12.0. The number of halogens is 1. The Bertz CT molecular complexity index is 826. The van der Waals surface area contributed by atoms with Gasteiger partial charge in [-0.15, -0.1) is 0 Å². The molecule has 0 aliphatic carbocycles. The molecule has 112 valence electrons. The lowest BCUT2D eigenvalue weighted by atomic mass is 10.1. The summed E-state index contributed by atoms with van der Waals surface area (Å²) in [4.78, 5) is 15.0. The van der Waals surface area contributed by atoms with Crippen LogP contribution in [0.15, 0.2) is 48.7 Å². The van der Waals surface area contributed by atoms with Crippen LogP contribution in [0.1, 0.15) is 5.56 Å². The molecule has 0 unspecified atom stereocenters. The number of methoxy groups -OCH3 is 1. The number of hydrogen-bond acceptors (Lipinski definition) is 2. The van der Waals surface area contributed by atoms with Crippen molar-refractivity contribution in [1.82, 2.24) is 4.98 Å². The maximum Gasteiger partial charge on any atom is 0.228 e. The molecule has 5 heteroatoms. The molecule has 0 fully saturated rings. The van der Waals surface area contributed by atoms with Crippen molar-refractivity contribution in [1.29, 1.82) is 0 Å². The van der Waals surface area contributed by atoms with E-state index >= 15 is 0 Å². The van der Waals surface area contributed by atoms with Crippen LogP contribution < -0.4 is 10.1 Å². The first kappa shape index (κ1) is 14.1. The van der Waals surface area contributed by atoms with Crippen molar-refractivity contribution in [3.8, 4) is 5.75 Å². The number of carbonyl (C=O) groups excluding carboxylic acids is 1. The van der Waals surface area contributed by atoms with E-state index in [1.807, 2.05) is 0 Å². The van der Waals surface area contributed by atoms with Gasteiger partial charge < -0.3 is 15.0 Å². The third kappa shape index (κ3) is 2.79. The number of carbonyl (C=O) groups is 1. The van der Waals surface area contributed by atoms with E-state index in [1.165, 1.54) is 6.07 Å². The molecule has 3 rings (SSSR count). The van der Waals surface area contributed by atoms with E-state index in [0.717, 1.165) is 10.9 Å². The summed E-state index contributed by atoms with van der Waals surface area (Å²) in [5.41, 5.74) is 1.84. The van der Waals surface area contributed by atoms with Crippen molar-refractivity contribution >= 4 is 22.5 Å². The Balaban J connectivity index is 1.77. The fourth-order valence-electron chi connectivity index (χ4n) is 2.40. The highest BCUT2D eigenvalue weighted by atomic mass is 19.1. The maximum absolute atomic E-state index is 13.6. The van der Waals surface area contributed by atoms with Crippen LogP contribution in [0.4, 0.5) is 10.1 Å². The van der Waals surface area contributed by atoms with E-state index in [-0.39, 0.29) is 18.1 Å². The summed E-state index contributed by atoms with van der Waals surface area (Å²) in [5, 5.41) is 3.53. The number of aromatic amines is 1. The standard InChI is InChI=1S/C17H15FN2O2/c1-22-13-5-2-4-12(9-13)20-16(21)8-11-10-19-17-14(11)6-3-7-15(17)18/h2-7,9-10,19H,8H2,1H3,(H,20,21). The molecule has 0 aliphatic rings. The van der Waals surface area contributed by atoms with Gasteiger partial charge in [0.05, 0.1) is 19.0 Å². The highest BCUT2D eigenvalue weighted by Gasteiger charge is 2.11. The van der Waals surface area contributed by atoms with Crippen molar-refractivity contribution in [3.63, 3.8) is 0 Å². The second-order valence-electron chi connectivity index (χ2n) is 4.93. The molecule has 0 spiro atoms. The minimum Gasteiger partial charge on any atom is -0.497 e. The molecule has 22 heavy (non-hydrogen) atoms. The zero-order valence-corrected chi connectivity index (χ0v) is 12.0. The lowest BCUT2D eigenvalue weighted by Crippen LogP contribution is -2.14. The fraction of sp³-hybridized carbons (Fsp3) is 0.118. The van der Waals surface area contributed by atoms with Crippen LogP contribution in [-0.2, 0) is 11.2 Å². The normalized spacial score (nSPS) is 10.6. The Kier molecular flexibility index (Phi) is 3.78. The highest BCUT2D eigenvalue weighted by molar-refractivity contribution is 5.96. The van der Waals surface area contributed by atoms with Gasteiger partial charge in [0.1, 0.15) is 11.6 Å². The lowest BCUT2D eigenvalue weighted by molar-refractivity contribution is -0.115. The molecule has 0 bridgehead atoms. The number of aromatic nitrogens is 1. The van der Waals surface area contributed by atoms with E-state index in [4.69, 9.17) is 4.74 Å². The first-order chi connectivity index (χ1) is 10.7. The van der Waals surface area contributed by atoms with E-state index in [2.05, 4.69) is 10.3 Å². The van der Waals surface area contributed by atoms with E-state index in [9.17, 15) is 9.18 Å². The van der Waals surface area contributed by atoms with Gasteiger partial charge in [-0.1, -0.05) is 18.2 Å². The molecule has 3 aromatic rings. The first-order valence-electron chi connectivity index (χ1n) is 6.86. The molecule has 0 saturated heterocycles. The van der Waals surface area contributed by atoms with Crippen molar-refractivity contribution in [2.24, 2.45) is 0 Å². The van der Waals surface area contributed by atoms with E-state index in [1.54, 1.807) is 49.7 Å². The second-order valence-corrected chi connectivity index (χ2v) is 4.93. The van der Waals surface area contributed by atoms with Gasteiger partial charge in [0, 0.05) is 23.3 Å². The van der Waals surface area contributed by atoms with Gasteiger partial charge in [-0.05, 0) is 23.8 Å². The zero-order valence-electron chi connectivity index (χ0n) is 12.0. The molecular weight excluding hydrogens is 283 g/mol. The number of rotatable bonds is 4. The number of H-pyrrole nitrogens is 1. The maximum atomic E-state index is 13.6. The second kappa shape index (κ2) is 5.89. The lowest BCUT2D eigenvalue weighted by Gasteiger charge is -2.06. The van der Waals surface area contributed by atoms with Crippen molar-refractivity contribution in [2.75, 3.05) is 12.4 Å². The summed E-state index contributed by atoms with van der Waals surface area (Å²) in [7, 11) is 1.57. The summed E-state index contributed by atoms with van der Waals surface area (Å²) in [6.45, 7) is 0. The van der Waals surface area contributed by atoms with Gasteiger partial charge in [-0.2, -0.15) is 0 Å². The average Bonchev–Trinajstić information content (AvgIpc) is 2.92. The van der Waals surface area contributed by atoms with Crippen LogP contribution in [0.3, 0.4) is 0 Å². The van der Waals surface area contributed by atoms with Crippen LogP contribution in [0.5, 0.6) is 5.75 Å². The van der Waals surface area contributed by atoms with Crippen LogP contribution in [0.25, 0.3) is 10.9 Å². The average molecular weight is 298 g/mol. The Morgan fingerprint density at radius 2 is 2.09 bits per heavy atom. The molecule has 0 aliphatic heterocycles. The zero-order chi connectivity index (χ0) is 15.5. The van der Waals surface area contributed by atoms with Crippen molar-refractivity contribution in [3.05, 3.63) is 60.0 Å². The minimum absolute atomic E-state index is 0.167. The van der Waals surface area contributed by atoms with Crippen LogP contribution >= 0.6 is 0 Å². The van der Waals surface area contributed by atoms with Crippen molar-refractivity contribution in [2.45, 2.75) is 6.42 Å². The topological polar surface area (TPSA) is 54.1 Å². The molecule has 4 nitrogen and oxygen atoms in total. The molecule has 1 heterocycles. The third-order valence-electron chi connectivity index (χ3n) is 3.45. The monoisotopic (exact) mass is 298 g/mol. The van der Waals surface area contributed by atoms with Gasteiger partial charge in [0.15, 0.2) is 0 Å². The molecular formula is C17H15FN2O2. The Morgan fingerprint density at radius 3 is 2.91 bits per heavy atom. The largest absolute Gasteiger partial charge is 0.497 e. The molecule has 2 aromatic carbocycles. The number of fused-ring (bicyclic) bond motifs is 1. The van der Waals surface area contributed by atoms with Crippen LogP contribution in [0, 0.1) is 5.82 Å². The smallest absolute Gasteiger partial charge is 0.228 e. The number of hydrogen-bond donors (Lipinski definition) is 2. The molecule has 0 saturated carbocycles. The number of benzene rings is 2. The molecule has 1 amide bonds. The number of amides is 1. The van der Waals surface area contributed by atoms with Crippen LogP contribution in [0.2, 0.25) is 0 Å². The summed E-state index contributed by atoms with van der Waals surface area (Å²) >= 11 is 0. The predicted molar refractivity (Wildman–Crippen MR) is 83.6 cm³/mol. The quantitative estimate of drug-likeness (QED) is 0.774. The number of nitrogens with one attached hydrogen (secondary N) is 2. The molecule has 1 aromatic heterocycles. The Hall–Kier alpha value is -2.82. The number of anilines is 1. The van der Waals surface area contributed by atoms with Gasteiger partial charge in [-0.3, -0.25) is 4.79 Å². The summed E-state index contributed by atoms with van der Waals surface area (Å²) in [5.74, 6) is 0.183. The molecule has 0 radical (unpaired) electrons. The van der Waals surface area contributed by atoms with Gasteiger partial charge in [-0.25, -0.2) is 4.39 Å². The van der Waals surface area contributed by atoms with Crippen LogP contribution in [-0.4, -0.2) is 18.0 Å². The SMILES string of the molecule is COc1cccc(NC(=O)Cc2c[nH]c3c(F)cccc23)c1. The van der Waals surface area contributed by atoms with Crippen molar-refractivity contribution < 1.29 is 13.9 Å². The van der Waals surface area contributed by atoms with Gasteiger partial charge in [0.2, 0.25) is 5.91 Å². The third-order valence-corrected chi connectivity index (χ3v) is 3.45. The van der Waals surface area contributed by atoms with E-state index < -0.39 is 0 Å². The number of ether oxygens (including phenoxy) is 1. The van der Waals surface area contributed by atoms with Gasteiger partial charge >= 0.3 is 0 Å². The highest BCUT2D eigenvalue weighted by Crippen LogP contribution is 2.22. The Morgan fingerprint density at radius 1 is 1.27 bits per heavy atom. The Labute approximate surface area is 126 Å². The van der Waals surface area contributed by atoms with Gasteiger partial charge in [0.25, 0.3) is 0 Å².